The van der Waals surface area contributed by atoms with Crippen LogP contribution >= 0.6 is 23.1 Å². The molecular weight excluding hydrogens is 596 g/mol. The highest BCUT2D eigenvalue weighted by atomic mass is 32.2. The van der Waals surface area contributed by atoms with Gasteiger partial charge < -0.3 is 41.6 Å². The van der Waals surface area contributed by atoms with E-state index in [1.807, 2.05) is 0 Å². The number of hydrogen-bond donors (Lipinski definition) is 7. The number of rotatable bonds is 10. The molecule has 4 rings (SSSR count). The molecule has 0 bridgehead atoms. The van der Waals surface area contributed by atoms with Gasteiger partial charge in [-0.3, -0.25) is 19.3 Å². The second-order valence-corrected chi connectivity index (χ2v) is 11.4. The van der Waals surface area contributed by atoms with Crippen LogP contribution in [0, 0.1) is 0 Å². The van der Waals surface area contributed by atoms with Gasteiger partial charge in [-0.2, -0.15) is 0 Å². The zero-order chi connectivity index (χ0) is 30.9. The molecule has 2 aromatic rings. The Morgan fingerprint density at radius 3 is 2.52 bits per heavy atom. The zero-order valence-corrected chi connectivity index (χ0v) is 23.5. The fraction of sp³-hybridized carbons (Fsp3) is 0.292. The third kappa shape index (κ3) is 5.93. The number of benzene rings is 1. The molecule has 42 heavy (non-hydrogen) atoms. The second kappa shape index (κ2) is 11.6. The van der Waals surface area contributed by atoms with Crippen molar-refractivity contribution in [1.82, 2.24) is 20.5 Å². The minimum atomic E-state index is -1.80. The maximum atomic E-state index is 13.2. The molecule has 0 radical (unpaired) electrons. The number of carboxylic acids is 2. The van der Waals surface area contributed by atoms with E-state index in [2.05, 4.69) is 20.8 Å². The van der Waals surface area contributed by atoms with Gasteiger partial charge in [-0.15, -0.1) is 23.1 Å². The second-order valence-electron chi connectivity index (χ2n) is 9.42. The van der Waals surface area contributed by atoms with Crippen molar-refractivity contribution >= 4 is 63.6 Å². The average molecular weight is 621 g/mol. The van der Waals surface area contributed by atoms with Crippen molar-refractivity contribution in [1.29, 1.82) is 0 Å². The Balaban J connectivity index is 1.50. The van der Waals surface area contributed by atoms with Gasteiger partial charge in [-0.1, -0.05) is 5.16 Å². The predicted octanol–water partition coefficient (Wildman–Crippen LogP) is -0.111. The Morgan fingerprint density at radius 2 is 1.93 bits per heavy atom. The summed E-state index contributed by atoms with van der Waals surface area (Å²) >= 11 is 2.13. The van der Waals surface area contributed by atoms with Crippen LogP contribution in [-0.4, -0.2) is 95.0 Å². The third-order valence-electron chi connectivity index (χ3n) is 6.10. The first-order valence-corrected chi connectivity index (χ1v) is 13.9. The first-order chi connectivity index (χ1) is 19.7. The highest BCUT2D eigenvalue weighted by Crippen LogP contribution is 2.40. The van der Waals surface area contributed by atoms with Crippen LogP contribution in [0.1, 0.15) is 29.9 Å². The van der Waals surface area contributed by atoms with E-state index >= 15 is 0 Å². The van der Waals surface area contributed by atoms with Crippen LogP contribution in [0.3, 0.4) is 0 Å². The highest BCUT2D eigenvalue weighted by Gasteiger charge is 2.54. The third-order valence-corrected chi connectivity index (χ3v) is 8.11. The standard InChI is InChI=1S/C24H24N6O10S2/c1-24(2,22(38)39)40-29-14(11-8-42-23(25)27-11)18(34)28-15-19(35)30-16(21(36)37)10(7-41-20(15)30)6-26-17(33)9-3-4-12(31)13(32)5-9/h3-5,8,15,20,31-32H,6-7H2,1-2H3,(H2,25,27)(H,26,33)(H,28,34)(H,36,37)(H,38,39)/b29-14-/t15?,20-/m0/s1. The number of aliphatic carboxylic acids is 2. The zero-order valence-electron chi connectivity index (χ0n) is 21.9. The van der Waals surface area contributed by atoms with Crippen LogP contribution in [0.15, 0.2) is 40.0 Å². The van der Waals surface area contributed by atoms with Crippen molar-refractivity contribution < 1.29 is 49.2 Å². The lowest BCUT2D eigenvalue weighted by Crippen LogP contribution is -2.71. The van der Waals surface area contributed by atoms with Crippen molar-refractivity contribution in [2.24, 2.45) is 5.16 Å². The SMILES string of the molecule is CC(C)(O/N=C(\C(=O)NC1C(=O)N2C(C(=O)O)=C(CNC(=O)c3ccc(O)c(O)c3)CS[C@@H]12)c1csc(N)n1)C(=O)O. The van der Waals surface area contributed by atoms with E-state index in [1.165, 1.54) is 25.3 Å². The van der Waals surface area contributed by atoms with E-state index in [9.17, 15) is 44.4 Å². The fourth-order valence-electron chi connectivity index (χ4n) is 3.78. The number of carbonyl (C=O) groups excluding carboxylic acids is 3. The molecule has 0 spiro atoms. The quantitative estimate of drug-likeness (QED) is 0.0793. The number of thioether (sulfide) groups is 1. The molecule has 0 aliphatic carbocycles. The molecule has 1 saturated heterocycles. The summed E-state index contributed by atoms with van der Waals surface area (Å²) in [5, 5.41) is 47.6. The number of aromatic nitrogens is 1. The number of carbonyl (C=O) groups is 5. The number of β-lactam (4-membered cyclic amide) rings is 1. The van der Waals surface area contributed by atoms with Crippen LogP contribution in [0.2, 0.25) is 0 Å². The number of anilines is 1. The molecule has 16 nitrogen and oxygen atoms in total. The first-order valence-electron chi connectivity index (χ1n) is 11.9. The molecule has 1 aromatic heterocycles. The molecule has 2 atom stereocenters. The van der Waals surface area contributed by atoms with Crippen LogP contribution in [-0.2, 0) is 24.0 Å². The van der Waals surface area contributed by atoms with Crippen molar-refractivity contribution in [2.45, 2.75) is 30.9 Å². The van der Waals surface area contributed by atoms with Gasteiger partial charge in [0.2, 0.25) is 5.60 Å². The van der Waals surface area contributed by atoms with Gasteiger partial charge in [0.05, 0.1) is 0 Å². The minimum Gasteiger partial charge on any atom is -0.504 e. The predicted molar refractivity (Wildman–Crippen MR) is 148 cm³/mol. The lowest BCUT2D eigenvalue weighted by molar-refractivity contribution is -0.161. The average Bonchev–Trinajstić information content (AvgIpc) is 3.36. The summed E-state index contributed by atoms with van der Waals surface area (Å²) in [4.78, 5) is 72.3. The summed E-state index contributed by atoms with van der Waals surface area (Å²) in [7, 11) is 0. The Kier molecular flexibility index (Phi) is 8.30. The molecular formula is C24H24N6O10S2. The number of phenolic OH excluding ortho intramolecular Hbond substituents is 2. The van der Waals surface area contributed by atoms with E-state index in [-0.39, 0.29) is 40.0 Å². The van der Waals surface area contributed by atoms with Crippen molar-refractivity contribution in [3.05, 3.63) is 46.1 Å². The van der Waals surface area contributed by atoms with E-state index in [0.717, 1.165) is 40.1 Å². The number of hydrogen-bond acceptors (Lipinski definition) is 13. The van der Waals surface area contributed by atoms with E-state index in [0.29, 0.717) is 0 Å². The number of aromatic hydroxyl groups is 2. The number of nitrogen functional groups attached to an aromatic ring is 1. The Labute approximate surface area is 244 Å². The normalized spacial score (nSPS) is 18.6. The summed E-state index contributed by atoms with van der Waals surface area (Å²) in [6.07, 6.45) is 0. The summed E-state index contributed by atoms with van der Waals surface area (Å²) in [5.74, 6) is -5.94. The molecule has 0 saturated carbocycles. The summed E-state index contributed by atoms with van der Waals surface area (Å²) in [6.45, 7) is 2.19. The lowest BCUT2D eigenvalue weighted by atomic mass is 10.0. The first kappa shape index (κ1) is 30.1. The van der Waals surface area contributed by atoms with Gasteiger partial charge in [-0.05, 0) is 37.6 Å². The maximum Gasteiger partial charge on any atom is 0.352 e. The smallest absolute Gasteiger partial charge is 0.352 e. The van der Waals surface area contributed by atoms with Gasteiger partial charge in [0.15, 0.2) is 22.3 Å². The number of thiazole rings is 1. The number of carboxylic acid groups (broad SMARTS) is 2. The van der Waals surface area contributed by atoms with Crippen LogP contribution < -0.4 is 16.4 Å². The molecule has 3 heterocycles. The number of nitrogens with two attached hydrogens (primary N) is 1. The van der Waals surface area contributed by atoms with Gasteiger partial charge in [0.25, 0.3) is 17.7 Å². The number of amides is 3. The minimum absolute atomic E-state index is 0.0157. The molecule has 8 N–H and O–H groups in total. The Hall–Kier alpha value is -4.84. The summed E-state index contributed by atoms with van der Waals surface area (Å²) in [6, 6.07) is 2.26. The molecule has 3 amide bonds. The Bertz CT molecular complexity index is 1550. The van der Waals surface area contributed by atoms with Crippen LogP contribution in [0.4, 0.5) is 5.13 Å². The molecule has 1 fully saturated rings. The molecule has 1 aromatic carbocycles. The molecule has 1 unspecified atom stereocenters. The number of nitrogens with zero attached hydrogens (tertiary/aromatic N) is 3. The maximum absolute atomic E-state index is 13.2. The number of fused-ring (bicyclic) bond motifs is 1. The molecule has 18 heteroatoms. The van der Waals surface area contributed by atoms with Crippen LogP contribution in [0.25, 0.3) is 0 Å². The molecule has 2 aliphatic rings. The summed E-state index contributed by atoms with van der Waals surface area (Å²) in [5.41, 5.74) is 3.27. The van der Waals surface area contributed by atoms with Crippen molar-refractivity contribution in [2.75, 3.05) is 18.0 Å². The molecule has 2 aliphatic heterocycles. The summed E-state index contributed by atoms with van der Waals surface area (Å²) < 4.78 is 0. The van der Waals surface area contributed by atoms with E-state index in [1.54, 1.807) is 0 Å². The van der Waals surface area contributed by atoms with Crippen molar-refractivity contribution in [3.63, 3.8) is 0 Å². The highest BCUT2D eigenvalue weighted by molar-refractivity contribution is 8.00. The number of oxime groups is 1. The van der Waals surface area contributed by atoms with E-state index < -0.39 is 63.9 Å². The monoisotopic (exact) mass is 620 g/mol. The Morgan fingerprint density at radius 1 is 1.21 bits per heavy atom. The lowest BCUT2D eigenvalue weighted by Gasteiger charge is -2.49. The van der Waals surface area contributed by atoms with E-state index in [4.69, 9.17) is 10.6 Å². The van der Waals surface area contributed by atoms with Gasteiger partial charge in [-0.25, -0.2) is 14.6 Å². The topological polar surface area (TPSA) is 254 Å². The van der Waals surface area contributed by atoms with Gasteiger partial charge >= 0.3 is 11.9 Å². The molecule has 222 valence electrons. The largest absolute Gasteiger partial charge is 0.504 e. The van der Waals surface area contributed by atoms with Crippen molar-refractivity contribution in [3.8, 4) is 11.5 Å². The number of nitrogens with one attached hydrogen (secondary N) is 2. The number of phenols is 2. The van der Waals surface area contributed by atoms with Gasteiger partial charge in [0, 0.05) is 23.2 Å². The fourth-order valence-corrected chi connectivity index (χ4v) is 5.68. The van der Waals surface area contributed by atoms with Gasteiger partial charge in [0.1, 0.15) is 22.8 Å². The van der Waals surface area contributed by atoms with Crippen LogP contribution in [0.5, 0.6) is 11.5 Å².